The van der Waals surface area contributed by atoms with Crippen molar-refractivity contribution in [2.75, 3.05) is 18.9 Å². The third-order valence-electron chi connectivity index (χ3n) is 3.68. The van der Waals surface area contributed by atoms with Gasteiger partial charge in [-0.25, -0.2) is 8.42 Å². The fraction of sp³-hybridized carbons (Fsp3) is 0.500. The van der Waals surface area contributed by atoms with Gasteiger partial charge in [0.05, 0.1) is 28.9 Å². The lowest BCUT2D eigenvalue weighted by Gasteiger charge is -2.24. The highest BCUT2D eigenvalue weighted by Crippen LogP contribution is 2.24. The molecule has 1 aromatic carbocycles. The topological polar surface area (TPSA) is 74.7 Å². The maximum Gasteiger partial charge on any atom is 0.255 e. The quantitative estimate of drug-likeness (QED) is 0.902. The Hall–Kier alpha value is -1.40. The molecule has 20 heavy (non-hydrogen) atoms. The van der Waals surface area contributed by atoms with Crippen molar-refractivity contribution in [2.45, 2.75) is 30.7 Å². The van der Waals surface area contributed by atoms with Crippen LogP contribution in [0.4, 0.5) is 0 Å². The molecular formula is C14H19NO4S. The van der Waals surface area contributed by atoms with Gasteiger partial charge < -0.3 is 10.0 Å². The first-order valence-electron chi connectivity index (χ1n) is 6.75. The zero-order valence-electron chi connectivity index (χ0n) is 11.4. The van der Waals surface area contributed by atoms with Gasteiger partial charge in [-0.05, 0) is 25.0 Å². The third kappa shape index (κ3) is 2.71. The summed E-state index contributed by atoms with van der Waals surface area (Å²) in [6.45, 7) is 2.03. The van der Waals surface area contributed by atoms with Crippen LogP contribution >= 0.6 is 0 Å². The van der Waals surface area contributed by atoms with Crippen LogP contribution in [0.5, 0.6) is 0 Å². The lowest BCUT2D eigenvalue weighted by Crippen LogP contribution is -2.38. The lowest BCUT2D eigenvalue weighted by atomic mass is 10.1. The van der Waals surface area contributed by atoms with E-state index >= 15 is 0 Å². The standard InChI is InChI=1S/C14H19NO4S/c1-2-20(18,19)13-8-4-3-7-12(13)14(17)15-9-5-6-11(15)10-16/h3-4,7-8,11,16H,2,5-6,9-10H2,1H3. The summed E-state index contributed by atoms with van der Waals surface area (Å²) in [6, 6.07) is 6.08. The summed E-state index contributed by atoms with van der Waals surface area (Å²) in [6.07, 6.45) is 1.59. The molecule has 1 atom stereocenters. The van der Waals surface area contributed by atoms with Crippen molar-refractivity contribution in [3.8, 4) is 0 Å². The predicted octanol–water partition coefficient (Wildman–Crippen LogP) is 1.08. The van der Waals surface area contributed by atoms with Gasteiger partial charge in [0.25, 0.3) is 5.91 Å². The van der Waals surface area contributed by atoms with Crippen molar-refractivity contribution in [1.82, 2.24) is 4.90 Å². The number of hydrogen-bond acceptors (Lipinski definition) is 4. The first kappa shape index (κ1) is 15.0. The van der Waals surface area contributed by atoms with E-state index in [0.29, 0.717) is 6.54 Å². The van der Waals surface area contributed by atoms with Gasteiger partial charge in [-0.15, -0.1) is 0 Å². The van der Waals surface area contributed by atoms with Gasteiger partial charge in [-0.1, -0.05) is 19.1 Å². The van der Waals surface area contributed by atoms with Crippen LogP contribution in [0.15, 0.2) is 29.2 Å². The summed E-state index contributed by atoms with van der Waals surface area (Å²) < 4.78 is 24.1. The highest BCUT2D eigenvalue weighted by molar-refractivity contribution is 7.91. The van der Waals surface area contributed by atoms with Crippen LogP contribution in [0.2, 0.25) is 0 Å². The Labute approximate surface area is 119 Å². The molecule has 110 valence electrons. The van der Waals surface area contributed by atoms with Crippen LogP contribution < -0.4 is 0 Å². The van der Waals surface area contributed by atoms with Gasteiger partial charge in [-0.2, -0.15) is 0 Å². The lowest BCUT2D eigenvalue weighted by molar-refractivity contribution is 0.0674. The Balaban J connectivity index is 2.41. The predicted molar refractivity (Wildman–Crippen MR) is 75.3 cm³/mol. The number of rotatable bonds is 4. The van der Waals surface area contributed by atoms with Crippen molar-refractivity contribution in [3.05, 3.63) is 29.8 Å². The molecule has 0 spiro atoms. The molecule has 1 aliphatic heterocycles. The van der Waals surface area contributed by atoms with Gasteiger partial charge in [0.2, 0.25) is 0 Å². The molecule has 1 saturated heterocycles. The minimum atomic E-state index is -3.44. The monoisotopic (exact) mass is 297 g/mol. The van der Waals surface area contributed by atoms with E-state index in [-0.39, 0.29) is 34.8 Å². The SMILES string of the molecule is CCS(=O)(=O)c1ccccc1C(=O)N1CCCC1CO. The number of likely N-dealkylation sites (tertiary alicyclic amines) is 1. The molecule has 1 amide bonds. The van der Waals surface area contributed by atoms with Crippen molar-refractivity contribution in [2.24, 2.45) is 0 Å². The first-order chi connectivity index (χ1) is 9.51. The van der Waals surface area contributed by atoms with Gasteiger partial charge in [0.15, 0.2) is 9.84 Å². The third-order valence-corrected chi connectivity index (χ3v) is 5.47. The summed E-state index contributed by atoms with van der Waals surface area (Å²) in [4.78, 5) is 14.2. The Morgan fingerprint density at radius 3 is 2.75 bits per heavy atom. The molecule has 6 heteroatoms. The summed E-state index contributed by atoms with van der Waals surface area (Å²) in [5, 5.41) is 9.30. The Morgan fingerprint density at radius 2 is 2.10 bits per heavy atom. The van der Waals surface area contributed by atoms with E-state index in [1.165, 1.54) is 12.1 Å². The number of nitrogens with zero attached hydrogens (tertiary/aromatic N) is 1. The normalized spacial score (nSPS) is 19.3. The maximum absolute atomic E-state index is 12.6. The Morgan fingerprint density at radius 1 is 1.40 bits per heavy atom. The van der Waals surface area contributed by atoms with Crippen LogP contribution in [0, 0.1) is 0 Å². The number of carbonyl (C=O) groups is 1. The highest BCUT2D eigenvalue weighted by atomic mass is 32.2. The zero-order valence-corrected chi connectivity index (χ0v) is 12.3. The first-order valence-corrected chi connectivity index (χ1v) is 8.40. The molecule has 1 heterocycles. The molecule has 2 rings (SSSR count). The fourth-order valence-corrected chi connectivity index (χ4v) is 3.60. The molecule has 0 saturated carbocycles. The average Bonchev–Trinajstić information content (AvgIpc) is 2.95. The molecule has 1 aromatic rings. The Bertz CT molecular complexity index is 597. The summed E-state index contributed by atoms with van der Waals surface area (Å²) in [7, 11) is -3.44. The molecule has 1 fully saturated rings. The molecule has 0 aliphatic carbocycles. The molecule has 0 aromatic heterocycles. The minimum Gasteiger partial charge on any atom is -0.394 e. The fourth-order valence-electron chi connectivity index (χ4n) is 2.52. The van der Waals surface area contributed by atoms with Gasteiger partial charge >= 0.3 is 0 Å². The van der Waals surface area contributed by atoms with Crippen LogP contribution in [0.1, 0.15) is 30.1 Å². The van der Waals surface area contributed by atoms with E-state index < -0.39 is 9.84 Å². The molecule has 1 N–H and O–H groups in total. The Kier molecular flexibility index (Phi) is 4.45. The van der Waals surface area contributed by atoms with Crippen LogP contribution in [-0.2, 0) is 9.84 Å². The molecule has 0 bridgehead atoms. The van der Waals surface area contributed by atoms with E-state index in [2.05, 4.69) is 0 Å². The number of aliphatic hydroxyl groups is 1. The smallest absolute Gasteiger partial charge is 0.255 e. The van der Waals surface area contributed by atoms with Crippen molar-refractivity contribution >= 4 is 15.7 Å². The maximum atomic E-state index is 12.6. The number of carbonyl (C=O) groups excluding carboxylic acids is 1. The zero-order chi connectivity index (χ0) is 14.8. The van der Waals surface area contributed by atoms with Gasteiger partial charge in [0, 0.05) is 6.54 Å². The number of amides is 1. The second-order valence-corrected chi connectivity index (χ2v) is 7.12. The highest BCUT2D eigenvalue weighted by Gasteiger charge is 2.31. The number of benzene rings is 1. The molecule has 0 radical (unpaired) electrons. The number of sulfone groups is 1. The van der Waals surface area contributed by atoms with E-state index in [0.717, 1.165) is 12.8 Å². The average molecular weight is 297 g/mol. The van der Waals surface area contributed by atoms with E-state index in [9.17, 15) is 18.3 Å². The van der Waals surface area contributed by atoms with Crippen LogP contribution in [-0.4, -0.2) is 49.3 Å². The van der Waals surface area contributed by atoms with Crippen molar-refractivity contribution < 1.29 is 18.3 Å². The second-order valence-electron chi connectivity index (χ2n) is 4.88. The minimum absolute atomic E-state index is 0.0410. The second kappa shape index (κ2) is 5.93. The number of hydrogen-bond donors (Lipinski definition) is 1. The van der Waals surface area contributed by atoms with Gasteiger partial charge in [-0.3, -0.25) is 4.79 Å². The summed E-state index contributed by atoms with van der Waals surface area (Å²) >= 11 is 0. The van der Waals surface area contributed by atoms with E-state index in [4.69, 9.17) is 0 Å². The number of aliphatic hydroxyl groups excluding tert-OH is 1. The molecule has 1 aliphatic rings. The van der Waals surface area contributed by atoms with E-state index in [1.54, 1.807) is 24.0 Å². The van der Waals surface area contributed by atoms with Crippen LogP contribution in [0.25, 0.3) is 0 Å². The van der Waals surface area contributed by atoms with Crippen molar-refractivity contribution in [3.63, 3.8) is 0 Å². The summed E-state index contributed by atoms with van der Waals surface area (Å²) in [5.74, 6) is -0.352. The van der Waals surface area contributed by atoms with E-state index in [1.807, 2.05) is 0 Å². The summed E-state index contributed by atoms with van der Waals surface area (Å²) in [5.41, 5.74) is 0.203. The van der Waals surface area contributed by atoms with Gasteiger partial charge in [0.1, 0.15) is 0 Å². The van der Waals surface area contributed by atoms with Crippen molar-refractivity contribution in [1.29, 1.82) is 0 Å². The van der Waals surface area contributed by atoms with Crippen LogP contribution in [0.3, 0.4) is 0 Å². The molecule has 5 nitrogen and oxygen atoms in total. The largest absolute Gasteiger partial charge is 0.394 e. The molecule has 1 unspecified atom stereocenters. The molecular weight excluding hydrogens is 278 g/mol.